The number of carbonyl (C=O) groups excluding carboxylic acids is 2. The molecule has 0 radical (unpaired) electrons. The number of hydrogen-bond donors (Lipinski definition) is 4. The molecule has 0 aliphatic heterocycles. The van der Waals surface area contributed by atoms with Gasteiger partial charge in [0.2, 0.25) is 0 Å². The number of nitrogen functional groups attached to an aromatic ring is 2. The Hall–Kier alpha value is -3.56. The molecule has 0 spiro atoms. The average Bonchev–Trinajstić information content (AvgIpc) is 3.04. The Morgan fingerprint density at radius 1 is 1.08 bits per heavy atom. The van der Waals surface area contributed by atoms with Crippen LogP contribution in [-0.4, -0.2) is 31.4 Å². The molecule has 2 aromatic heterocycles. The van der Waals surface area contributed by atoms with E-state index in [2.05, 4.69) is 23.4 Å². The zero-order valence-corrected chi connectivity index (χ0v) is 13.1. The van der Waals surface area contributed by atoms with E-state index in [0.717, 1.165) is 0 Å². The summed E-state index contributed by atoms with van der Waals surface area (Å²) in [6.45, 7) is 8.02. The van der Waals surface area contributed by atoms with Crippen molar-refractivity contribution in [1.82, 2.24) is 19.6 Å². The van der Waals surface area contributed by atoms with Gasteiger partial charge in [0, 0.05) is 6.20 Å². The minimum Gasteiger partial charge on any atom is -0.383 e. The van der Waals surface area contributed by atoms with Crippen molar-refractivity contribution in [2.45, 2.75) is 13.1 Å². The summed E-state index contributed by atoms with van der Waals surface area (Å²) in [6.07, 6.45) is 6.13. The SMILES string of the molecule is C=CCn1cc(C(N)=O)c(N)n1.C=CCn1ncc(C(N)=O)c1N. The van der Waals surface area contributed by atoms with E-state index in [9.17, 15) is 9.59 Å². The standard InChI is InChI=1S/2C7H10N4O/c1-2-3-11-4-5(7(9)12)6(8)10-11;1-2-3-11-6(8)5(4-10-11)7(9)12/h2,4H,1,3H2,(H2,8,10)(H2,9,12);2,4H,1,3,8H2,(H2,9,12). The van der Waals surface area contributed by atoms with Crippen LogP contribution in [0.4, 0.5) is 11.6 Å². The van der Waals surface area contributed by atoms with Gasteiger partial charge in [-0.15, -0.1) is 13.2 Å². The van der Waals surface area contributed by atoms with Gasteiger partial charge in [0.1, 0.15) is 16.9 Å². The molecule has 2 heterocycles. The van der Waals surface area contributed by atoms with E-state index in [0.29, 0.717) is 13.1 Å². The zero-order chi connectivity index (χ0) is 18.3. The third-order valence-corrected chi connectivity index (χ3v) is 2.82. The third kappa shape index (κ3) is 4.47. The highest BCUT2D eigenvalue weighted by Crippen LogP contribution is 2.09. The van der Waals surface area contributed by atoms with Crippen LogP contribution < -0.4 is 22.9 Å². The fourth-order valence-corrected chi connectivity index (χ4v) is 1.70. The second-order valence-corrected chi connectivity index (χ2v) is 4.58. The second-order valence-electron chi connectivity index (χ2n) is 4.58. The first-order valence-corrected chi connectivity index (χ1v) is 6.77. The summed E-state index contributed by atoms with van der Waals surface area (Å²) in [5, 5.41) is 7.69. The molecule has 2 rings (SSSR count). The summed E-state index contributed by atoms with van der Waals surface area (Å²) in [6, 6.07) is 0. The van der Waals surface area contributed by atoms with Crippen molar-refractivity contribution >= 4 is 23.5 Å². The van der Waals surface area contributed by atoms with E-state index in [1.807, 2.05) is 0 Å². The molecule has 10 heteroatoms. The van der Waals surface area contributed by atoms with E-state index in [4.69, 9.17) is 22.9 Å². The van der Waals surface area contributed by atoms with Crippen molar-refractivity contribution in [3.63, 3.8) is 0 Å². The number of primary amides is 2. The van der Waals surface area contributed by atoms with Gasteiger partial charge in [-0.05, 0) is 0 Å². The van der Waals surface area contributed by atoms with Crippen LogP contribution in [-0.2, 0) is 13.1 Å². The summed E-state index contributed by atoms with van der Waals surface area (Å²) < 4.78 is 2.95. The molecule has 2 amide bonds. The molecule has 24 heavy (non-hydrogen) atoms. The molecular formula is C14H20N8O2. The van der Waals surface area contributed by atoms with Crippen molar-refractivity contribution in [2.24, 2.45) is 11.5 Å². The number of aromatic nitrogens is 4. The fraction of sp³-hybridized carbons (Fsp3) is 0.143. The molecule has 0 saturated heterocycles. The summed E-state index contributed by atoms with van der Waals surface area (Å²) in [7, 11) is 0. The highest BCUT2D eigenvalue weighted by Gasteiger charge is 2.10. The lowest BCUT2D eigenvalue weighted by molar-refractivity contribution is 0.0992. The quantitative estimate of drug-likeness (QED) is 0.519. The first-order valence-electron chi connectivity index (χ1n) is 6.77. The van der Waals surface area contributed by atoms with Crippen molar-refractivity contribution < 1.29 is 9.59 Å². The number of nitrogens with zero attached hydrogens (tertiary/aromatic N) is 4. The van der Waals surface area contributed by atoms with Crippen molar-refractivity contribution in [3.05, 3.63) is 48.8 Å². The number of allylic oxidation sites excluding steroid dienone is 2. The van der Waals surface area contributed by atoms with Gasteiger partial charge in [-0.2, -0.15) is 10.2 Å². The van der Waals surface area contributed by atoms with Crippen LogP contribution in [0.2, 0.25) is 0 Å². The molecule has 0 fully saturated rings. The largest absolute Gasteiger partial charge is 0.383 e. The molecule has 0 unspecified atom stereocenters. The van der Waals surface area contributed by atoms with E-state index in [-0.39, 0.29) is 22.8 Å². The van der Waals surface area contributed by atoms with Crippen LogP contribution >= 0.6 is 0 Å². The van der Waals surface area contributed by atoms with E-state index < -0.39 is 11.8 Å². The maximum Gasteiger partial charge on any atom is 0.254 e. The summed E-state index contributed by atoms with van der Waals surface area (Å²) in [4.78, 5) is 21.4. The number of hydrogen-bond acceptors (Lipinski definition) is 6. The number of nitrogens with two attached hydrogens (primary N) is 4. The Bertz CT molecular complexity index is 747. The van der Waals surface area contributed by atoms with Crippen LogP contribution in [0.5, 0.6) is 0 Å². The van der Waals surface area contributed by atoms with Crippen molar-refractivity contribution in [1.29, 1.82) is 0 Å². The molecule has 0 aliphatic carbocycles. The molecule has 0 aromatic carbocycles. The normalized spacial score (nSPS) is 9.67. The first-order chi connectivity index (χ1) is 11.3. The monoisotopic (exact) mass is 332 g/mol. The van der Waals surface area contributed by atoms with Crippen LogP contribution in [0.3, 0.4) is 0 Å². The lowest BCUT2D eigenvalue weighted by Crippen LogP contribution is -2.13. The molecule has 2 aromatic rings. The van der Waals surface area contributed by atoms with Gasteiger partial charge in [-0.3, -0.25) is 14.3 Å². The molecule has 0 saturated carbocycles. The Kier molecular flexibility index (Phi) is 6.30. The van der Waals surface area contributed by atoms with Crippen molar-refractivity contribution in [2.75, 3.05) is 11.5 Å². The molecule has 128 valence electrons. The van der Waals surface area contributed by atoms with Gasteiger partial charge in [0.15, 0.2) is 5.82 Å². The van der Waals surface area contributed by atoms with Crippen LogP contribution in [0.15, 0.2) is 37.7 Å². The predicted molar refractivity (Wildman–Crippen MR) is 90.7 cm³/mol. The molecule has 0 bridgehead atoms. The second kappa shape index (κ2) is 8.17. The maximum atomic E-state index is 10.7. The van der Waals surface area contributed by atoms with E-state index in [1.165, 1.54) is 21.8 Å². The Morgan fingerprint density at radius 2 is 1.67 bits per heavy atom. The van der Waals surface area contributed by atoms with Gasteiger partial charge < -0.3 is 22.9 Å². The van der Waals surface area contributed by atoms with E-state index in [1.54, 1.807) is 12.2 Å². The molecule has 0 aliphatic rings. The average molecular weight is 332 g/mol. The Balaban J connectivity index is 0.000000240. The molecule has 0 atom stereocenters. The molecule has 8 N–H and O–H groups in total. The topological polar surface area (TPSA) is 174 Å². The van der Waals surface area contributed by atoms with Gasteiger partial charge in [0.25, 0.3) is 11.8 Å². The highest BCUT2D eigenvalue weighted by atomic mass is 16.1. The van der Waals surface area contributed by atoms with E-state index >= 15 is 0 Å². The highest BCUT2D eigenvalue weighted by molar-refractivity contribution is 5.97. The van der Waals surface area contributed by atoms with Crippen molar-refractivity contribution in [3.8, 4) is 0 Å². The zero-order valence-electron chi connectivity index (χ0n) is 13.1. The molecule has 10 nitrogen and oxygen atoms in total. The summed E-state index contributed by atoms with van der Waals surface area (Å²) in [5.74, 6) is -0.697. The van der Waals surface area contributed by atoms with Gasteiger partial charge in [-0.25, -0.2) is 4.68 Å². The maximum absolute atomic E-state index is 10.7. The number of rotatable bonds is 6. The summed E-state index contributed by atoms with van der Waals surface area (Å²) >= 11 is 0. The molecular weight excluding hydrogens is 312 g/mol. The lowest BCUT2D eigenvalue weighted by atomic mass is 10.3. The fourth-order valence-electron chi connectivity index (χ4n) is 1.70. The predicted octanol–water partition coefficient (Wildman–Crippen LogP) is -0.500. The van der Waals surface area contributed by atoms with Crippen LogP contribution in [0.25, 0.3) is 0 Å². The minimum absolute atomic E-state index is 0.157. The Morgan fingerprint density at radius 3 is 2.08 bits per heavy atom. The lowest BCUT2D eigenvalue weighted by Gasteiger charge is -1.98. The minimum atomic E-state index is -0.567. The first kappa shape index (κ1) is 18.5. The van der Waals surface area contributed by atoms with Gasteiger partial charge >= 0.3 is 0 Å². The van der Waals surface area contributed by atoms with Crippen LogP contribution in [0, 0.1) is 0 Å². The van der Waals surface area contributed by atoms with Crippen LogP contribution in [0.1, 0.15) is 20.7 Å². The smallest absolute Gasteiger partial charge is 0.254 e. The number of carbonyl (C=O) groups is 2. The number of amides is 2. The summed E-state index contributed by atoms with van der Waals surface area (Å²) in [5.41, 5.74) is 21.5. The van der Waals surface area contributed by atoms with Gasteiger partial charge in [0.05, 0.1) is 19.3 Å². The Labute approximate surface area is 138 Å². The number of anilines is 2. The van der Waals surface area contributed by atoms with Gasteiger partial charge in [-0.1, -0.05) is 12.2 Å². The third-order valence-electron chi connectivity index (χ3n) is 2.82.